The Morgan fingerprint density at radius 1 is 0.246 bits per heavy atom. The molecule has 4 heteroatoms. The van der Waals surface area contributed by atoms with Gasteiger partial charge >= 0.3 is 0 Å². The summed E-state index contributed by atoms with van der Waals surface area (Å²) in [6.07, 6.45) is 3.69. The molecule has 57 heavy (non-hydrogen) atoms. The quantitative estimate of drug-likeness (QED) is 0.174. The summed E-state index contributed by atoms with van der Waals surface area (Å²) >= 11 is 0. The monoisotopic (exact) mass is 726 g/mol. The fraction of sp³-hybridized carbons (Fsp3) is 0. The number of para-hydroxylation sites is 4. The van der Waals surface area contributed by atoms with E-state index < -0.39 is 0 Å². The number of fused-ring (bicyclic) bond motifs is 9. The van der Waals surface area contributed by atoms with E-state index in [1.54, 1.807) is 0 Å². The molecule has 12 aromatic rings. The second-order valence-corrected chi connectivity index (χ2v) is 14.8. The van der Waals surface area contributed by atoms with Crippen LogP contribution < -0.4 is 0 Å². The molecular weight excluding hydrogens is 693 g/mol. The molecule has 0 amide bonds. The topological polar surface area (TPSA) is 27.7 Å². The summed E-state index contributed by atoms with van der Waals surface area (Å²) in [6.45, 7) is 0. The molecule has 0 saturated carbocycles. The first-order valence-electron chi connectivity index (χ1n) is 19.5. The second-order valence-electron chi connectivity index (χ2n) is 14.8. The van der Waals surface area contributed by atoms with Crippen LogP contribution in [0.4, 0.5) is 0 Å². The van der Waals surface area contributed by atoms with Crippen LogP contribution in [-0.4, -0.2) is 18.7 Å². The minimum absolute atomic E-state index is 1.14. The van der Waals surface area contributed by atoms with Gasteiger partial charge < -0.3 is 13.7 Å². The molecule has 0 bridgehead atoms. The lowest BCUT2D eigenvalue weighted by molar-refractivity contribution is 1.17. The molecule has 8 aromatic carbocycles. The molecule has 0 N–H and O–H groups in total. The SMILES string of the molecule is c1ccc(-n2c3ccccc3c3cc(-n4c5ccccc5c5cc(-c6ccc7c(c6)c6ccccc6n7-c6ccc(-c7ccncc7)cc6)ccc54)ccc32)cc1. The highest BCUT2D eigenvalue weighted by molar-refractivity contribution is 6.14. The smallest absolute Gasteiger partial charge is 0.0542 e. The third-order valence-corrected chi connectivity index (χ3v) is 11.7. The van der Waals surface area contributed by atoms with Gasteiger partial charge in [-0.15, -0.1) is 0 Å². The van der Waals surface area contributed by atoms with Crippen LogP contribution in [0.15, 0.2) is 207 Å². The van der Waals surface area contributed by atoms with Crippen LogP contribution in [0.25, 0.3) is 105 Å². The predicted molar refractivity (Wildman–Crippen MR) is 238 cm³/mol. The zero-order chi connectivity index (χ0) is 37.5. The molecule has 0 aliphatic carbocycles. The highest BCUT2D eigenvalue weighted by Gasteiger charge is 2.18. The fourth-order valence-corrected chi connectivity index (χ4v) is 9.16. The lowest BCUT2D eigenvalue weighted by atomic mass is 10.0. The van der Waals surface area contributed by atoms with E-state index in [1.807, 2.05) is 12.4 Å². The van der Waals surface area contributed by atoms with E-state index >= 15 is 0 Å². The summed E-state index contributed by atoms with van der Waals surface area (Å²) in [5, 5.41) is 7.47. The molecule has 12 rings (SSSR count). The van der Waals surface area contributed by atoms with Gasteiger partial charge in [0.1, 0.15) is 0 Å². The van der Waals surface area contributed by atoms with E-state index in [-0.39, 0.29) is 0 Å². The van der Waals surface area contributed by atoms with E-state index in [9.17, 15) is 0 Å². The Morgan fingerprint density at radius 3 is 1.16 bits per heavy atom. The Balaban J connectivity index is 0.996. The standard InChI is InChI=1S/C53H34N4/c1-2-10-39(11-3-1)55-49-16-8-6-14-44(49)47-34-41(24-27-53(47)55)57-50-17-9-5-13-43(50)46-33-38(21-26-52(46)57)37-20-25-51-45(32-37)42-12-4-7-15-48(42)56(51)40-22-18-35(19-23-40)36-28-30-54-31-29-36/h1-34H. The number of benzene rings is 8. The van der Waals surface area contributed by atoms with Crippen molar-refractivity contribution in [3.05, 3.63) is 207 Å². The van der Waals surface area contributed by atoms with Crippen molar-refractivity contribution in [2.45, 2.75) is 0 Å². The minimum atomic E-state index is 1.14. The Morgan fingerprint density at radius 2 is 0.614 bits per heavy atom. The van der Waals surface area contributed by atoms with Crippen molar-refractivity contribution in [1.29, 1.82) is 0 Å². The minimum Gasteiger partial charge on any atom is -0.309 e. The first-order valence-corrected chi connectivity index (χ1v) is 19.5. The van der Waals surface area contributed by atoms with Crippen LogP contribution in [-0.2, 0) is 0 Å². The molecule has 0 unspecified atom stereocenters. The molecule has 4 aromatic heterocycles. The third-order valence-electron chi connectivity index (χ3n) is 11.7. The number of hydrogen-bond donors (Lipinski definition) is 0. The third kappa shape index (κ3) is 4.84. The molecule has 0 saturated heterocycles. The van der Waals surface area contributed by atoms with Crippen molar-refractivity contribution in [3.8, 4) is 39.3 Å². The van der Waals surface area contributed by atoms with Gasteiger partial charge in [0.15, 0.2) is 0 Å². The molecule has 0 spiro atoms. The maximum atomic E-state index is 4.19. The fourth-order valence-electron chi connectivity index (χ4n) is 9.16. The van der Waals surface area contributed by atoms with Crippen molar-refractivity contribution >= 4 is 65.4 Å². The number of rotatable bonds is 5. The van der Waals surface area contributed by atoms with E-state index in [1.165, 1.54) is 87.8 Å². The Labute approximate surface area is 328 Å². The highest BCUT2D eigenvalue weighted by atomic mass is 15.0. The van der Waals surface area contributed by atoms with Gasteiger partial charge in [-0.1, -0.05) is 97.1 Å². The molecule has 0 aliphatic heterocycles. The van der Waals surface area contributed by atoms with Crippen molar-refractivity contribution in [1.82, 2.24) is 18.7 Å². The molecule has 0 fully saturated rings. The summed E-state index contributed by atoms with van der Waals surface area (Å²) in [5.41, 5.74) is 15.4. The average molecular weight is 727 g/mol. The Kier molecular flexibility index (Phi) is 6.89. The summed E-state index contributed by atoms with van der Waals surface area (Å²) in [5.74, 6) is 0. The Bertz CT molecular complexity index is 3500. The lowest BCUT2D eigenvalue weighted by Gasteiger charge is -2.11. The van der Waals surface area contributed by atoms with Crippen LogP contribution >= 0.6 is 0 Å². The predicted octanol–water partition coefficient (Wildman–Crippen LogP) is 13.7. The van der Waals surface area contributed by atoms with Crippen molar-refractivity contribution < 1.29 is 0 Å². The van der Waals surface area contributed by atoms with E-state index in [0.717, 1.165) is 16.9 Å². The van der Waals surface area contributed by atoms with Gasteiger partial charge in [-0.25, -0.2) is 0 Å². The maximum absolute atomic E-state index is 4.19. The number of hydrogen-bond acceptors (Lipinski definition) is 1. The maximum Gasteiger partial charge on any atom is 0.0542 e. The zero-order valence-corrected chi connectivity index (χ0v) is 30.9. The van der Waals surface area contributed by atoms with Crippen LogP contribution in [0.5, 0.6) is 0 Å². The lowest BCUT2D eigenvalue weighted by Crippen LogP contribution is -1.95. The largest absolute Gasteiger partial charge is 0.309 e. The summed E-state index contributed by atoms with van der Waals surface area (Å²) in [6, 6.07) is 70.7. The van der Waals surface area contributed by atoms with Crippen molar-refractivity contribution in [2.75, 3.05) is 0 Å². The van der Waals surface area contributed by atoms with Gasteiger partial charge in [0, 0.05) is 61.8 Å². The van der Waals surface area contributed by atoms with Gasteiger partial charge in [0.2, 0.25) is 0 Å². The molecule has 0 radical (unpaired) electrons. The number of aromatic nitrogens is 4. The Hall–Kier alpha value is -7.69. The number of pyridine rings is 1. The van der Waals surface area contributed by atoms with Gasteiger partial charge in [0.25, 0.3) is 0 Å². The molecular formula is C53H34N4. The van der Waals surface area contributed by atoms with Crippen LogP contribution in [0, 0.1) is 0 Å². The zero-order valence-electron chi connectivity index (χ0n) is 30.9. The molecule has 4 heterocycles. The van der Waals surface area contributed by atoms with E-state index in [0.29, 0.717) is 0 Å². The van der Waals surface area contributed by atoms with Crippen LogP contribution in [0.1, 0.15) is 0 Å². The highest BCUT2D eigenvalue weighted by Crippen LogP contribution is 2.40. The van der Waals surface area contributed by atoms with Gasteiger partial charge in [-0.05, 0) is 119 Å². The average Bonchev–Trinajstić information content (AvgIpc) is 3.92. The van der Waals surface area contributed by atoms with Gasteiger partial charge in [0.05, 0.1) is 33.1 Å². The summed E-state index contributed by atoms with van der Waals surface area (Å²) in [7, 11) is 0. The first kappa shape index (κ1) is 31.6. The molecule has 4 nitrogen and oxygen atoms in total. The van der Waals surface area contributed by atoms with E-state index in [4.69, 9.17) is 0 Å². The van der Waals surface area contributed by atoms with Crippen molar-refractivity contribution in [2.24, 2.45) is 0 Å². The van der Waals surface area contributed by atoms with Crippen LogP contribution in [0.2, 0.25) is 0 Å². The van der Waals surface area contributed by atoms with E-state index in [2.05, 4.69) is 213 Å². The summed E-state index contributed by atoms with van der Waals surface area (Å²) < 4.78 is 7.19. The van der Waals surface area contributed by atoms with Gasteiger partial charge in [-0.3, -0.25) is 4.98 Å². The second kappa shape index (κ2) is 12.4. The van der Waals surface area contributed by atoms with Crippen molar-refractivity contribution in [3.63, 3.8) is 0 Å². The molecule has 0 aliphatic rings. The normalized spacial score (nSPS) is 11.9. The summed E-state index contributed by atoms with van der Waals surface area (Å²) in [4.78, 5) is 4.19. The first-order chi connectivity index (χ1) is 28.3. The van der Waals surface area contributed by atoms with Crippen LogP contribution in [0.3, 0.4) is 0 Å². The molecule has 0 atom stereocenters. The number of nitrogens with zero attached hydrogens (tertiary/aromatic N) is 4. The molecule has 266 valence electrons. The van der Waals surface area contributed by atoms with Gasteiger partial charge in [-0.2, -0.15) is 0 Å².